The number of oxazole rings is 1. The number of nitrogens with zero attached hydrogens (tertiary/aromatic N) is 1. The highest BCUT2D eigenvalue weighted by molar-refractivity contribution is 6.03. The van der Waals surface area contributed by atoms with Crippen LogP contribution in [0.1, 0.15) is 26.4 Å². The van der Waals surface area contributed by atoms with E-state index in [2.05, 4.69) is 15.6 Å². The zero-order valence-corrected chi connectivity index (χ0v) is 13.0. The quantitative estimate of drug-likeness (QED) is 0.748. The Balaban J connectivity index is 1.60. The van der Waals surface area contributed by atoms with Crippen molar-refractivity contribution >= 4 is 17.8 Å². The molecule has 0 aliphatic rings. The number of aromatic nitrogens is 1. The van der Waals surface area contributed by atoms with Gasteiger partial charge in [0.05, 0.1) is 0 Å². The summed E-state index contributed by atoms with van der Waals surface area (Å²) < 4.78 is 18.6. The minimum absolute atomic E-state index is 0.0142. The summed E-state index contributed by atoms with van der Waals surface area (Å²) in [5.74, 6) is -1.34. The average Bonchev–Trinajstić information content (AvgIpc) is 3.10. The Morgan fingerprint density at radius 1 is 1.00 bits per heavy atom. The molecule has 25 heavy (non-hydrogen) atoms. The van der Waals surface area contributed by atoms with Gasteiger partial charge < -0.3 is 9.73 Å². The smallest absolute Gasteiger partial charge is 0.302 e. The maximum atomic E-state index is 13.5. The second-order valence-corrected chi connectivity index (χ2v) is 5.13. The van der Waals surface area contributed by atoms with Crippen molar-refractivity contribution in [3.63, 3.8) is 0 Å². The highest BCUT2D eigenvalue weighted by Crippen LogP contribution is 2.11. The third kappa shape index (κ3) is 4.08. The van der Waals surface area contributed by atoms with Crippen molar-refractivity contribution in [2.75, 3.05) is 5.32 Å². The number of amides is 2. The van der Waals surface area contributed by atoms with Crippen molar-refractivity contribution in [2.24, 2.45) is 0 Å². The number of benzene rings is 2. The van der Waals surface area contributed by atoms with Crippen molar-refractivity contribution < 1.29 is 18.4 Å². The molecule has 0 atom stereocenters. The van der Waals surface area contributed by atoms with E-state index in [0.717, 1.165) is 6.26 Å². The number of hydrogen-bond acceptors (Lipinski definition) is 4. The lowest BCUT2D eigenvalue weighted by Crippen LogP contribution is -2.23. The molecule has 2 aromatic carbocycles. The molecule has 3 aromatic rings. The molecular formula is C18H14FN3O3. The van der Waals surface area contributed by atoms with Crippen LogP contribution in [0, 0.1) is 5.82 Å². The highest BCUT2D eigenvalue weighted by atomic mass is 19.1. The van der Waals surface area contributed by atoms with Gasteiger partial charge in [-0.1, -0.05) is 36.4 Å². The van der Waals surface area contributed by atoms with Crippen molar-refractivity contribution in [2.45, 2.75) is 6.54 Å². The van der Waals surface area contributed by atoms with Crippen LogP contribution in [0.4, 0.5) is 10.4 Å². The van der Waals surface area contributed by atoms with Crippen LogP contribution < -0.4 is 10.6 Å². The van der Waals surface area contributed by atoms with Crippen LogP contribution in [0.5, 0.6) is 0 Å². The molecule has 0 saturated heterocycles. The molecule has 0 bridgehead atoms. The van der Waals surface area contributed by atoms with E-state index in [1.807, 2.05) is 0 Å². The van der Waals surface area contributed by atoms with Gasteiger partial charge in [-0.05, 0) is 18.2 Å². The second-order valence-electron chi connectivity index (χ2n) is 5.13. The maximum absolute atomic E-state index is 13.5. The Morgan fingerprint density at radius 2 is 1.72 bits per heavy atom. The maximum Gasteiger partial charge on any atom is 0.302 e. The number of nitrogens with one attached hydrogen (secondary N) is 2. The molecule has 6 nitrogen and oxygen atoms in total. The fourth-order valence-electron chi connectivity index (χ4n) is 2.10. The first-order valence-corrected chi connectivity index (χ1v) is 7.47. The Kier molecular flexibility index (Phi) is 4.84. The molecule has 126 valence electrons. The van der Waals surface area contributed by atoms with Gasteiger partial charge in [0, 0.05) is 17.7 Å². The summed E-state index contributed by atoms with van der Waals surface area (Å²) >= 11 is 0. The van der Waals surface area contributed by atoms with Crippen LogP contribution in [0.3, 0.4) is 0 Å². The van der Waals surface area contributed by atoms with Crippen molar-refractivity contribution in [3.8, 4) is 0 Å². The van der Waals surface area contributed by atoms with E-state index in [0.29, 0.717) is 11.1 Å². The summed E-state index contributed by atoms with van der Waals surface area (Å²) in [5, 5.41) is 5.00. The van der Waals surface area contributed by atoms with Gasteiger partial charge in [-0.15, -0.1) is 0 Å². The SMILES string of the molecule is O=C(Nc1nc(C(=O)NCc2ccccc2F)co1)c1ccccc1. The van der Waals surface area contributed by atoms with E-state index in [-0.39, 0.29) is 18.3 Å². The molecule has 0 saturated carbocycles. The topological polar surface area (TPSA) is 84.2 Å². The lowest BCUT2D eigenvalue weighted by atomic mass is 10.2. The van der Waals surface area contributed by atoms with E-state index in [9.17, 15) is 14.0 Å². The largest absolute Gasteiger partial charge is 0.431 e. The summed E-state index contributed by atoms with van der Waals surface area (Å²) in [6.07, 6.45) is 1.12. The van der Waals surface area contributed by atoms with E-state index >= 15 is 0 Å². The summed E-state index contributed by atoms with van der Waals surface area (Å²) in [6.45, 7) is 0.0179. The first-order chi connectivity index (χ1) is 12.1. The number of carbonyl (C=O) groups is 2. The highest BCUT2D eigenvalue weighted by Gasteiger charge is 2.15. The third-order valence-corrected chi connectivity index (χ3v) is 3.39. The number of anilines is 1. The number of hydrogen-bond donors (Lipinski definition) is 2. The minimum Gasteiger partial charge on any atom is -0.431 e. The van der Waals surface area contributed by atoms with E-state index in [1.54, 1.807) is 48.5 Å². The molecule has 0 radical (unpaired) electrons. The standard InChI is InChI=1S/C18H14FN3O3/c19-14-9-5-4-8-13(14)10-20-17(24)15-11-25-18(21-15)22-16(23)12-6-2-1-3-7-12/h1-9,11H,10H2,(H,20,24)(H,21,22,23). The first-order valence-electron chi connectivity index (χ1n) is 7.47. The molecule has 1 aromatic heterocycles. The molecule has 7 heteroatoms. The predicted molar refractivity (Wildman–Crippen MR) is 88.5 cm³/mol. The van der Waals surface area contributed by atoms with Crippen LogP contribution in [0.15, 0.2) is 65.3 Å². The first kappa shape index (κ1) is 16.4. The average molecular weight is 339 g/mol. The van der Waals surface area contributed by atoms with Gasteiger partial charge in [-0.2, -0.15) is 4.98 Å². The van der Waals surface area contributed by atoms with Crippen LogP contribution in [-0.2, 0) is 6.54 Å². The summed E-state index contributed by atoms with van der Waals surface area (Å²) in [7, 11) is 0. The Bertz CT molecular complexity index is 893. The monoisotopic (exact) mass is 339 g/mol. The molecule has 0 unspecified atom stereocenters. The van der Waals surface area contributed by atoms with Gasteiger partial charge in [-0.25, -0.2) is 4.39 Å². The Labute approximate surface area is 142 Å². The van der Waals surface area contributed by atoms with Crippen LogP contribution in [0.2, 0.25) is 0 Å². The fourth-order valence-corrected chi connectivity index (χ4v) is 2.10. The molecule has 3 rings (SSSR count). The van der Waals surface area contributed by atoms with Crippen molar-refractivity contribution in [1.82, 2.24) is 10.3 Å². The normalized spacial score (nSPS) is 10.3. The number of carbonyl (C=O) groups excluding carboxylic acids is 2. The van der Waals surface area contributed by atoms with Gasteiger partial charge in [0.1, 0.15) is 12.1 Å². The van der Waals surface area contributed by atoms with Gasteiger partial charge in [0.15, 0.2) is 5.69 Å². The van der Waals surface area contributed by atoms with E-state index in [4.69, 9.17) is 4.42 Å². The lowest BCUT2D eigenvalue weighted by Gasteiger charge is -2.04. The van der Waals surface area contributed by atoms with Gasteiger partial charge in [0.25, 0.3) is 11.8 Å². The van der Waals surface area contributed by atoms with E-state index < -0.39 is 17.6 Å². The van der Waals surface area contributed by atoms with Crippen LogP contribution in [0.25, 0.3) is 0 Å². The fraction of sp³-hybridized carbons (Fsp3) is 0.0556. The molecule has 0 aliphatic heterocycles. The Morgan fingerprint density at radius 3 is 2.48 bits per heavy atom. The van der Waals surface area contributed by atoms with Crippen LogP contribution in [-0.4, -0.2) is 16.8 Å². The summed E-state index contributed by atoms with van der Waals surface area (Å²) in [5.41, 5.74) is 0.780. The molecule has 2 N–H and O–H groups in total. The summed E-state index contributed by atoms with van der Waals surface area (Å²) in [4.78, 5) is 27.9. The summed E-state index contributed by atoms with van der Waals surface area (Å²) in [6, 6.07) is 14.6. The van der Waals surface area contributed by atoms with Gasteiger partial charge in [0.2, 0.25) is 0 Å². The van der Waals surface area contributed by atoms with Crippen LogP contribution >= 0.6 is 0 Å². The number of halogens is 1. The zero-order valence-electron chi connectivity index (χ0n) is 13.0. The molecule has 2 amide bonds. The van der Waals surface area contributed by atoms with Gasteiger partial charge >= 0.3 is 6.01 Å². The van der Waals surface area contributed by atoms with Crippen molar-refractivity contribution in [3.05, 3.63) is 83.5 Å². The Hall–Kier alpha value is -3.48. The molecule has 0 aliphatic carbocycles. The zero-order chi connectivity index (χ0) is 17.6. The second kappa shape index (κ2) is 7.39. The van der Waals surface area contributed by atoms with E-state index in [1.165, 1.54) is 6.07 Å². The predicted octanol–water partition coefficient (Wildman–Crippen LogP) is 3.00. The molecule has 0 fully saturated rings. The molecule has 0 spiro atoms. The molecular weight excluding hydrogens is 325 g/mol. The third-order valence-electron chi connectivity index (χ3n) is 3.39. The molecule has 1 heterocycles. The van der Waals surface area contributed by atoms with Crippen molar-refractivity contribution in [1.29, 1.82) is 0 Å². The number of rotatable bonds is 5. The lowest BCUT2D eigenvalue weighted by molar-refractivity contribution is 0.0944. The van der Waals surface area contributed by atoms with Gasteiger partial charge in [-0.3, -0.25) is 14.9 Å². The minimum atomic E-state index is -0.535.